The normalized spacial score (nSPS) is 20.6. The lowest BCUT2D eigenvalue weighted by Gasteiger charge is -2.23. The molecule has 1 aromatic rings. The molecule has 2 nitrogen and oxygen atoms in total. The molecule has 1 aliphatic heterocycles. The molecule has 1 atom stereocenters. The first-order valence-corrected chi connectivity index (χ1v) is 6.27. The summed E-state index contributed by atoms with van der Waals surface area (Å²) < 4.78 is 0. The zero-order valence-electron chi connectivity index (χ0n) is 9.34. The number of rotatable bonds is 3. The van der Waals surface area contributed by atoms with Gasteiger partial charge in [0.25, 0.3) is 0 Å². The van der Waals surface area contributed by atoms with Gasteiger partial charge in [0.15, 0.2) is 0 Å². The molecule has 0 spiro atoms. The Bertz CT molecular complexity index is 362. The molecule has 1 fully saturated rings. The highest BCUT2D eigenvalue weighted by atomic mass is 35.5. The zero-order chi connectivity index (χ0) is 11.5. The van der Waals surface area contributed by atoms with E-state index in [4.69, 9.17) is 23.2 Å². The lowest BCUT2D eigenvalue weighted by atomic mass is 10.1. The first kappa shape index (κ1) is 12.2. The van der Waals surface area contributed by atoms with Gasteiger partial charge < -0.3 is 5.32 Å². The topological polar surface area (TPSA) is 15.3 Å². The van der Waals surface area contributed by atoms with E-state index >= 15 is 0 Å². The minimum Gasteiger partial charge on any atom is -0.315 e. The van der Waals surface area contributed by atoms with E-state index in [2.05, 4.69) is 17.3 Å². The zero-order valence-corrected chi connectivity index (χ0v) is 10.9. The summed E-state index contributed by atoms with van der Waals surface area (Å²) in [7, 11) is 2.15. The van der Waals surface area contributed by atoms with Gasteiger partial charge in [0.05, 0.1) is 10.0 Å². The number of halogens is 2. The summed E-state index contributed by atoms with van der Waals surface area (Å²) in [5, 5.41) is 4.63. The van der Waals surface area contributed by atoms with Crippen LogP contribution >= 0.6 is 23.2 Å². The highest BCUT2D eigenvalue weighted by molar-refractivity contribution is 6.42. The van der Waals surface area contributed by atoms with Gasteiger partial charge in [-0.3, -0.25) is 4.90 Å². The van der Waals surface area contributed by atoms with Crippen molar-refractivity contribution in [3.63, 3.8) is 0 Å². The third-order valence-electron chi connectivity index (χ3n) is 3.07. The van der Waals surface area contributed by atoms with Crippen LogP contribution in [0.3, 0.4) is 0 Å². The molecule has 0 bridgehead atoms. The Hall–Kier alpha value is -0.280. The van der Waals surface area contributed by atoms with E-state index < -0.39 is 0 Å². The second kappa shape index (κ2) is 5.37. The van der Waals surface area contributed by atoms with Crippen LogP contribution in [0.15, 0.2) is 18.2 Å². The third-order valence-corrected chi connectivity index (χ3v) is 3.81. The van der Waals surface area contributed by atoms with E-state index in [9.17, 15) is 0 Å². The van der Waals surface area contributed by atoms with Gasteiger partial charge in [0.2, 0.25) is 0 Å². The monoisotopic (exact) mass is 258 g/mol. The van der Waals surface area contributed by atoms with Crippen LogP contribution in [0, 0.1) is 0 Å². The quantitative estimate of drug-likeness (QED) is 0.897. The van der Waals surface area contributed by atoms with Gasteiger partial charge in [-0.05, 0) is 37.7 Å². The van der Waals surface area contributed by atoms with Crippen molar-refractivity contribution in [2.45, 2.75) is 19.0 Å². The minimum absolute atomic E-state index is 0.621. The van der Waals surface area contributed by atoms with Crippen molar-refractivity contribution in [1.29, 1.82) is 0 Å². The maximum Gasteiger partial charge on any atom is 0.0595 e. The maximum atomic E-state index is 5.99. The lowest BCUT2D eigenvalue weighted by molar-refractivity contribution is 0.249. The summed E-state index contributed by atoms with van der Waals surface area (Å²) in [6, 6.07) is 6.48. The number of nitrogens with zero attached hydrogens (tertiary/aromatic N) is 1. The first-order valence-electron chi connectivity index (χ1n) is 5.51. The van der Waals surface area contributed by atoms with E-state index in [1.54, 1.807) is 0 Å². The molecule has 16 heavy (non-hydrogen) atoms. The van der Waals surface area contributed by atoms with Gasteiger partial charge in [-0.1, -0.05) is 29.3 Å². The minimum atomic E-state index is 0.621. The molecule has 0 unspecified atom stereocenters. The van der Waals surface area contributed by atoms with Gasteiger partial charge in [0.1, 0.15) is 0 Å². The molecule has 0 aromatic heterocycles. The van der Waals surface area contributed by atoms with E-state index in [0.717, 1.165) is 19.6 Å². The van der Waals surface area contributed by atoms with Crippen LogP contribution in [0.4, 0.5) is 0 Å². The average molecular weight is 259 g/mol. The molecule has 1 heterocycles. The van der Waals surface area contributed by atoms with E-state index in [0.29, 0.717) is 16.1 Å². The van der Waals surface area contributed by atoms with Crippen LogP contribution in [-0.2, 0) is 6.54 Å². The average Bonchev–Trinajstić information content (AvgIpc) is 2.77. The van der Waals surface area contributed by atoms with Crippen molar-refractivity contribution in [3.05, 3.63) is 33.8 Å². The molecule has 1 aliphatic rings. The van der Waals surface area contributed by atoms with E-state index in [-0.39, 0.29) is 0 Å². The fourth-order valence-electron chi connectivity index (χ4n) is 2.07. The number of hydrogen-bond donors (Lipinski definition) is 1. The summed E-state index contributed by atoms with van der Waals surface area (Å²) in [6.45, 7) is 3.12. The van der Waals surface area contributed by atoms with E-state index in [1.807, 2.05) is 18.2 Å². The molecule has 4 heteroatoms. The largest absolute Gasteiger partial charge is 0.315 e. The first-order chi connectivity index (χ1) is 7.66. The summed E-state index contributed by atoms with van der Waals surface area (Å²) in [5.41, 5.74) is 1.21. The van der Waals surface area contributed by atoms with Crippen LogP contribution in [0.1, 0.15) is 12.0 Å². The molecule has 1 aromatic carbocycles. The number of benzene rings is 1. The predicted molar refractivity (Wildman–Crippen MR) is 69.2 cm³/mol. The molecule has 0 amide bonds. The lowest BCUT2D eigenvalue weighted by Crippen LogP contribution is -2.32. The molecule has 0 saturated carbocycles. The molecule has 2 rings (SSSR count). The molecule has 0 radical (unpaired) electrons. The molecular weight excluding hydrogens is 243 g/mol. The van der Waals surface area contributed by atoms with Crippen LogP contribution in [0.5, 0.6) is 0 Å². The molecule has 88 valence electrons. The van der Waals surface area contributed by atoms with Crippen molar-refractivity contribution in [1.82, 2.24) is 10.2 Å². The highest BCUT2D eigenvalue weighted by Crippen LogP contribution is 2.23. The smallest absolute Gasteiger partial charge is 0.0595 e. The van der Waals surface area contributed by atoms with Crippen LogP contribution in [0.25, 0.3) is 0 Å². The highest BCUT2D eigenvalue weighted by Gasteiger charge is 2.19. The third kappa shape index (κ3) is 2.89. The van der Waals surface area contributed by atoms with Crippen molar-refractivity contribution in [2.75, 3.05) is 20.1 Å². The molecule has 0 aliphatic carbocycles. The van der Waals surface area contributed by atoms with Crippen molar-refractivity contribution < 1.29 is 0 Å². The van der Waals surface area contributed by atoms with Crippen molar-refractivity contribution in [3.8, 4) is 0 Å². The van der Waals surface area contributed by atoms with Crippen molar-refractivity contribution in [2.24, 2.45) is 0 Å². The Balaban J connectivity index is 1.99. The Morgan fingerprint density at radius 1 is 1.38 bits per heavy atom. The predicted octanol–water partition coefficient (Wildman–Crippen LogP) is 2.79. The van der Waals surface area contributed by atoms with Gasteiger partial charge in [-0.25, -0.2) is 0 Å². The van der Waals surface area contributed by atoms with Gasteiger partial charge in [0, 0.05) is 19.1 Å². The van der Waals surface area contributed by atoms with Gasteiger partial charge in [-0.2, -0.15) is 0 Å². The van der Waals surface area contributed by atoms with Crippen molar-refractivity contribution >= 4 is 23.2 Å². The SMILES string of the molecule is CN(Cc1ccc(Cl)c(Cl)c1)[C@@H]1CCNC1. The van der Waals surface area contributed by atoms with Gasteiger partial charge >= 0.3 is 0 Å². The summed E-state index contributed by atoms with van der Waals surface area (Å²) in [4.78, 5) is 2.36. The summed E-state index contributed by atoms with van der Waals surface area (Å²) >= 11 is 11.9. The second-order valence-corrected chi connectivity index (χ2v) is 5.12. The Morgan fingerprint density at radius 2 is 2.19 bits per heavy atom. The number of likely N-dealkylation sites (N-methyl/N-ethyl adjacent to an activating group) is 1. The van der Waals surface area contributed by atoms with Crippen LogP contribution < -0.4 is 5.32 Å². The summed E-state index contributed by atoms with van der Waals surface area (Å²) in [6.07, 6.45) is 1.22. The van der Waals surface area contributed by atoms with E-state index in [1.165, 1.54) is 12.0 Å². The number of nitrogens with one attached hydrogen (secondary N) is 1. The molecular formula is C12H16Cl2N2. The fraction of sp³-hybridized carbons (Fsp3) is 0.500. The Morgan fingerprint density at radius 3 is 2.81 bits per heavy atom. The van der Waals surface area contributed by atoms with Crippen LogP contribution in [0.2, 0.25) is 10.0 Å². The Labute approximate surface area is 107 Å². The van der Waals surface area contributed by atoms with Gasteiger partial charge in [-0.15, -0.1) is 0 Å². The standard InChI is InChI=1S/C12H16Cl2N2/c1-16(10-4-5-15-7-10)8-9-2-3-11(13)12(14)6-9/h2-3,6,10,15H,4-5,7-8H2,1H3/t10-/m1/s1. The fourth-order valence-corrected chi connectivity index (χ4v) is 2.39. The molecule has 1 N–H and O–H groups in total. The number of hydrogen-bond acceptors (Lipinski definition) is 2. The molecule has 1 saturated heterocycles. The maximum absolute atomic E-state index is 5.99. The summed E-state index contributed by atoms with van der Waals surface area (Å²) in [5.74, 6) is 0. The Kier molecular flexibility index (Phi) is 4.09. The van der Waals surface area contributed by atoms with Crippen LogP contribution in [-0.4, -0.2) is 31.1 Å². The second-order valence-electron chi connectivity index (χ2n) is 4.31.